The summed E-state index contributed by atoms with van der Waals surface area (Å²) < 4.78 is 0. The first-order valence-corrected chi connectivity index (χ1v) is 12.3. The van der Waals surface area contributed by atoms with Crippen LogP contribution < -0.4 is 5.32 Å². The molecule has 1 amide bonds. The number of hydrogen-bond acceptors (Lipinski definition) is 2. The molecule has 0 fully saturated rings. The van der Waals surface area contributed by atoms with Crippen LogP contribution in [0, 0.1) is 0 Å². The largest absolute Gasteiger partial charge is 0.394 e. The third-order valence-corrected chi connectivity index (χ3v) is 5.12. The number of aliphatic hydroxyl groups excluding tert-OH is 1. The normalized spacial score (nSPS) is 13.1. The minimum absolute atomic E-state index is 0.0141. The van der Waals surface area contributed by atoms with E-state index >= 15 is 0 Å². The van der Waals surface area contributed by atoms with E-state index in [4.69, 9.17) is 5.11 Å². The monoisotopic (exact) mass is 437 g/mol. The van der Waals surface area contributed by atoms with E-state index in [2.05, 4.69) is 84.3 Å². The number of rotatable bonds is 18. The minimum Gasteiger partial charge on any atom is -0.394 e. The van der Waals surface area contributed by atoms with Crippen molar-refractivity contribution in [2.24, 2.45) is 0 Å². The zero-order valence-corrected chi connectivity index (χ0v) is 19.9. The van der Waals surface area contributed by atoms with Gasteiger partial charge in [0.15, 0.2) is 0 Å². The Balaban J connectivity index is 1.90. The first-order chi connectivity index (χ1) is 15.7. The second-order valence-electron chi connectivity index (χ2n) is 8.22. The minimum atomic E-state index is -0.159. The van der Waals surface area contributed by atoms with Gasteiger partial charge in [0.05, 0.1) is 6.61 Å². The first-order valence-electron chi connectivity index (χ1n) is 12.3. The molecule has 1 aromatic carbocycles. The summed E-state index contributed by atoms with van der Waals surface area (Å²) in [6.07, 6.45) is 29.1. The molecular formula is C29H43NO2. The molecular weight excluding hydrogens is 394 g/mol. The van der Waals surface area contributed by atoms with E-state index in [1.165, 1.54) is 37.7 Å². The summed E-state index contributed by atoms with van der Waals surface area (Å²) in [6.45, 7) is 1.78. The van der Waals surface area contributed by atoms with Crippen LogP contribution in [-0.4, -0.2) is 23.7 Å². The van der Waals surface area contributed by atoms with Gasteiger partial charge in [-0.15, -0.1) is 0 Å². The topological polar surface area (TPSA) is 49.3 Å². The molecule has 0 saturated heterocycles. The van der Waals surface area contributed by atoms with Gasteiger partial charge in [0.25, 0.3) is 0 Å². The Bertz CT molecular complexity index is 688. The van der Waals surface area contributed by atoms with Gasteiger partial charge >= 0.3 is 0 Å². The highest BCUT2D eigenvalue weighted by Gasteiger charge is 2.04. The van der Waals surface area contributed by atoms with Crippen molar-refractivity contribution in [2.75, 3.05) is 6.61 Å². The van der Waals surface area contributed by atoms with Crippen LogP contribution in [0.4, 0.5) is 0 Å². The molecule has 2 N–H and O–H groups in total. The summed E-state index contributed by atoms with van der Waals surface area (Å²) in [6, 6.07) is 10.6. The molecule has 0 heterocycles. The van der Waals surface area contributed by atoms with Crippen molar-refractivity contribution < 1.29 is 9.90 Å². The van der Waals surface area contributed by atoms with Gasteiger partial charge in [-0.25, -0.2) is 0 Å². The summed E-state index contributed by atoms with van der Waals surface area (Å²) in [5, 5.41) is 11.7. The highest BCUT2D eigenvalue weighted by atomic mass is 16.3. The average molecular weight is 438 g/mol. The van der Waals surface area contributed by atoms with Gasteiger partial charge in [0.2, 0.25) is 5.91 Å². The maximum atomic E-state index is 11.6. The Hall–Kier alpha value is -2.39. The second kappa shape index (κ2) is 20.5. The number of aryl methyl sites for hydroxylation is 1. The lowest BCUT2D eigenvalue weighted by atomic mass is 10.1. The number of hydrogen-bond donors (Lipinski definition) is 2. The van der Waals surface area contributed by atoms with Crippen LogP contribution in [0.25, 0.3) is 0 Å². The number of amides is 1. The molecule has 0 bridgehead atoms. The zero-order chi connectivity index (χ0) is 23.1. The van der Waals surface area contributed by atoms with Crippen LogP contribution >= 0.6 is 0 Å². The van der Waals surface area contributed by atoms with Crippen molar-refractivity contribution in [2.45, 2.75) is 83.6 Å². The van der Waals surface area contributed by atoms with Gasteiger partial charge in [-0.2, -0.15) is 0 Å². The third-order valence-electron chi connectivity index (χ3n) is 5.12. The van der Waals surface area contributed by atoms with Crippen molar-refractivity contribution >= 4 is 5.91 Å². The molecule has 0 unspecified atom stereocenters. The van der Waals surface area contributed by atoms with Crippen molar-refractivity contribution in [3.8, 4) is 0 Å². The molecule has 3 heteroatoms. The molecule has 0 radical (unpaired) electrons. The van der Waals surface area contributed by atoms with E-state index in [1.807, 2.05) is 0 Å². The summed E-state index contributed by atoms with van der Waals surface area (Å²) in [5.74, 6) is 0.0142. The summed E-state index contributed by atoms with van der Waals surface area (Å²) in [5.41, 5.74) is 1.45. The van der Waals surface area contributed by atoms with Crippen LogP contribution in [0.1, 0.15) is 76.7 Å². The van der Waals surface area contributed by atoms with Gasteiger partial charge < -0.3 is 10.4 Å². The van der Waals surface area contributed by atoms with E-state index in [-0.39, 0.29) is 18.6 Å². The fourth-order valence-electron chi connectivity index (χ4n) is 3.23. The SMILES string of the molecule is C[C@H](CO)NC(=O)CCC/C=C\C/C=C\C/C=C\C/C=C\CCCCCc1ccccc1. The zero-order valence-electron chi connectivity index (χ0n) is 19.9. The molecule has 0 spiro atoms. The van der Waals surface area contributed by atoms with Gasteiger partial charge in [-0.1, -0.05) is 85.4 Å². The molecule has 176 valence electrons. The standard InChI is InChI=1S/C29H43NO2/c1-27(26-31)30-29(32)25-21-16-14-12-10-8-6-4-2-3-5-7-9-11-13-15-18-22-28-23-19-17-20-24-28/h2-3,6-9,12,14,17,19-20,23-24,27,31H,4-5,10-11,13,15-16,18,21-22,25-26H2,1H3,(H,30,32)/b3-2-,8-6-,9-7-,14-12-/t27-/m1/s1. The van der Waals surface area contributed by atoms with Crippen molar-refractivity contribution in [1.29, 1.82) is 0 Å². The number of carbonyl (C=O) groups excluding carboxylic acids is 1. The first kappa shape index (κ1) is 27.6. The van der Waals surface area contributed by atoms with E-state index in [1.54, 1.807) is 6.92 Å². The predicted octanol–water partition coefficient (Wildman–Crippen LogP) is 6.85. The number of unbranched alkanes of at least 4 members (excludes halogenated alkanes) is 4. The summed E-state index contributed by atoms with van der Waals surface area (Å²) in [4.78, 5) is 11.6. The Kier molecular flexibility index (Phi) is 17.7. The third kappa shape index (κ3) is 17.3. The van der Waals surface area contributed by atoms with Gasteiger partial charge in [0.1, 0.15) is 0 Å². The number of carbonyl (C=O) groups is 1. The molecule has 1 rings (SSSR count). The van der Waals surface area contributed by atoms with Gasteiger partial charge in [-0.05, 0) is 70.3 Å². The Morgan fingerprint density at radius 3 is 1.97 bits per heavy atom. The molecule has 1 atom stereocenters. The maximum Gasteiger partial charge on any atom is 0.220 e. The fraction of sp³-hybridized carbons (Fsp3) is 0.483. The molecule has 32 heavy (non-hydrogen) atoms. The maximum absolute atomic E-state index is 11.6. The van der Waals surface area contributed by atoms with E-state index < -0.39 is 0 Å². The van der Waals surface area contributed by atoms with Crippen LogP contribution in [0.2, 0.25) is 0 Å². The van der Waals surface area contributed by atoms with Gasteiger partial charge in [-0.3, -0.25) is 4.79 Å². The van der Waals surface area contributed by atoms with E-state index in [0.717, 1.165) is 32.1 Å². The van der Waals surface area contributed by atoms with Crippen molar-refractivity contribution in [3.63, 3.8) is 0 Å². The lowest BCUT2D eigenvalue weighted by Crippen LogP contribution is -2.34. The lowest BCUT2D eigenvalue weighted by molar-refractivity contribution is -0.122. The van der Waals surface area contributed by atoms with Crippen LogP contribution in [0.5, 0.6) is 0 Å². The summed E-state index contributed by atoms with van der Waals surface area (Å²) >= 11 is 0. The highest BCUT2D eigenvalue weighted by molar-refractivity contribution is 5.76. The molecule has 0 aliphatic rings. The number of aliphatic hydroxyl groups is 1. The Labute approximate surface area is 196 Å². The number of nitrogens with one attached hydrogen (secondary N) is 1. The molecule has 0 aliphatic heterocycles. The molecule has 0 aromatic heterocycles. The smallest absolute Gasteiger partial charge is 0.220 e. The van der Waals surface area contributed by atoms with Crippen LogP contribution in [-0.2, 0) is 11.2 Å². The Morgan fingerprint density at radius 2 is 1.38 bits per heavy atom. The molecule has 0 saturated carbocycles. The number of allylic oxidation sites excluding steroid dienone is 8. The van der Waals surface area contributed by atoms with Crippen molar-refractivity contribution in [1.82, 2.24) is 5.32 Å². The average Bonchev–Trinajstić information content (AvgIpc) is 2.81. The molecule has 1 aromatic rings. The van der Waals surface area contributed by atoms with Crippen LogP contribution in [0.3, 0.4) is 0 Å². The lowest BCUT2D eigenvalue weighted by Gasteiger charge is -2.09. The van der Waals surface area contributed by atoms with E-state index in [9.17, 15) is 4.79 Å². The molecule has 3 nitrogen and oxygen atoms in total. The predicted molar refractivity (Wildman–Crippen MR) is 138 cm³/mol. The Morgan fingerprint density at radius 1 is 0.812 bits per heavy atom. The van der Waals surface area contributed by atoms with Crippen LogP contribution in [0.15, 0.2) is 78.9 Å². The second-order valence-corrected chi connectivity index (χ2v) is 8.22. The number of benzene rings is 1. The van der Waals surface area contributed by atoms with Crippen molar-refractivity contribution in [3.05, 3.63) is 84.5 Å². The molecule has 0 aliphatic carbocycles. The van der Waals surface area contributed by atoms with Gasteiger partial charge in [0, 0.05) is 12.5 Å². The van der Waals surface area contributed by atoms with E-state index in [0.29, 0.717) is 6.42 Å². The summed E-state index contributed by atoms with van der Waals surface area (Å²) in [7, 11) is 0. The highest BCUT2D eigenvalue weighted by Crippen LogP contribution is 2.08. The quantitative estimate of drug-likeness (QED) is 0.195. The fourth-order valence-corrected chi connectivity index (χ4v) is 3.23.